The number of hydrogen-bond donors (Lipinski definition) is 0. The number of methoxy groups -OCH3 is 1. The van der Waals surface area contributed by atoms with E-state index in [1.807, 2.05) is 5.32 Å². The van der Waals surface area contributed by atoms with E-state index < -0.39 is 12.8 Å². The van der Waals surface area contributed by atoms with Crippen LogP contribution in [-0.2, 0) is 4.74 Å². The van der Waals surface area contributed by atoms with E-state index in [4.69, 9.17) is 0 Å². The number of rotatable bonds is 2. The Morgan fingerprint density at radius 1 is 1.31 bits per heavy atom. The summed E-state index contributed by atoms with van der Waals surface area (Å²) in [5.74, 6) is 0. The molecule has 0 N–H and O–H groups in total. The minimum atomic E-state index is -4.26. The van der Waals surface area contributed by atoms with Crippen LogP contribution in [0.25, 0.3) is 0 Å². The summed E-state index contributed by atoms with van der Waals surface area (Å²) in [5, 5.41) is 1.90. The van der Waals surface area contributed by atoms with E-state index in [2.05, 4.69) is 4.74 Å². The molecule has 0 amide bonds. The van der Waals surface area contributed by atoms with Crippen LogP contribution in [0.5, 0.6) is 0 Å². The van der Waals surface area contributed by atoms with Crippen LogP contribution in [-0.4, -0.2) is 38.3 Å². The van der Waals surface area contributed by atoms with Gasteiger partial charge in [0.25, 0.3) is 0 Å². The van der Waals surface area contributed by atoms with Crippen molar-refractivity contribution in [2.24, 2.45) is 0 Å². The van der Waals surface area contributed by atoms with Gasteiger partial charge in [-0.05, 0) is 0 Å². The molecule has 1 fully saturated rings. The van der Waals surface area contributed by atoms with Gasteiger partial charge in [0.1, 0.15) is 0 Å². The van der Waals surface area contributed by atoms with Crippen LogP contribution in [0, 0.1) is 0 Å². The number of hydrogen-bond acceptors (Lipinski definition) is 2. The van der Waals surface area contributed by atoms with Gasteiger partial charge in [0.05, 0.1) is 0 Å². The summed E-state index contributed by atoms with van der Waals surface area (Å²) in [6.07, 6.45) is -2.22. The average Bonchev–Trinajstić information content (AvgIpc) is 2.49. The number of halogens is 3. The fourth-order valence-electron chi connectivity index (χ4n) is 1.01. The molecule has 2 nitrogen and oxygen atoms in total. The van der Waals surface area contributed by atoms with Crippen molar-refractivity contribution in [1.29, 1.82) is 0 Å². The molecule has 1 rings (SSSR count). The van der Waals surface area contributed by atoms with Gasteiger partial charge in [-0.3, -0.25) is 0 Å². The minimum absolute atomic E-state index is 0.649. The van der Waals surface area contributed by atoms with E-state index >= 15 is 0 Å². The Morgan fingerprint density at radius 2 is 1.85 bits per heavy atom. The van der Waals surface area contributed by atoms with E-state index in [-0.39, 0.29) is 0 Å². The molecule has 1 aliphatic rings. The van der Waals surface area contributed by atoms with Gasteiger partial charge in [0.15, 0.2) is 0 Å². The molecule has 1 saturated heterocycles. The van der Waals surface area contributed by atoms with Crippen molar-refractivity contribution in [2.75, 3.05) is 20.2 Å². The van der Waals surface area contributed by atoms with Gasteiger partial charge in [-0.1, -0.05) is 0 Å². The van der Waals surface area contributed by atoms with Crippen LogP contribution in [0.3, 0.4) is 0 Å². The van der Waals surface area contributed by atoms with Crippen molar-refractivity contribution in [3.8, 4) is 0 Å². The first-order valence-corrected chi connectivity index (χ1v) is 6.36. The van der Waals surface area contributed by atoms with Gasteiger partial charge in [-0.25, -0.2) is 0 Å². The fourth-order valence-corrected chi connectivity index (χ4v) is 3.76. The van der Waals surface area contributed by atoms with E-state index in [1.165, 1.54) is 0 Å². The molecule has 0 aromatic carbocycles. The first kappa shape index (κ1) is 9.67. The molecule has 81 valence electrons. The molecule has 1 aliphatic heterocycles. The summed E-state index contributed by atoms with van der Waals surface area (Å²) in [7, 11) is 1.11. The van der Waals surface area contributed by atoms with E-state index in [1.54, 1.807) is 0 Å². The fraction of sp³-hybridized carbons (Fsp3) is 0.857. The molecular formula is C7H11CfF3NO. The van der Waals surface area contributed by atoms with Crippen molar-refractivity contribution < 1.29 is 17.9 Å². The molecule has 0 aliphatic carbocycles. The van der Waals surface area contributed by atoms with Gasteiger partial charge in [0, 0.05) is 0 Å². The molecule has 0 aromatic heterocycles. The molecule has 0 aromatic rings. The maximum atomic E-state index is 12.2. The normalized spacial score (nSPS) is 20.5. The molecule has 0 spiro atoms. The van der Waals surface area contributed by atoms with Crippen LogP contribution < -0.4 is 0 Å². The van der Waals surface area contributed by atoms with Crippen LogP contribution in [0.15, 0.2) is 0 Å². The number of nitrogens with zero attached hydrogens (tertiary/aromatic N) is 1. The SMILES string of the molecule is CO[C](=[Cf][N]1CCCC1)C(F)(F)F. The second-order valence-corrected chi connectivity index (χ2v) is 6.05. The van der Waals surface area contributed by atoms with Crippen molar-refractivity contribution in [2.45, 2.75) is 19.0 Å². The Balaban J connectivity index is 2.64. The third kappa shape index (κ3) is 2.52. The number of ether oxygens (including phenoxy) is 1. The predicted molar refractivity (Wildman–Crippen MR) is 38.9 cm³/mol. The van der Waals surface area contributed by atoms with Gasteiger partial charge >= 0.3 is 69.0 Å². The van der Waals surface area contributed by atoms with E-state index in [9.17, 15) is 13.2 Å². The Labute approximate surface area is 70.1 Å². The van der Waals surface area contributed by atoms with Crippen molar-refractivity contribution in [3.05, 3.63) is 0 Å². The standard InChI is InChI=1S/C4H8N.C3H3F3O.Cf/c1-2-4-5-3-1;1-7-2-3(4,5)6;/h1-4H2;1H3;/q-1;;+1. The third-order valence-electron chi connectivity index (χ3n) is 1.56. The summed E-state index contributed by atoms with van der Waals surface area (Å²) < 4.78 is 39.6. The second kappa shape index (κ2) is 3.53. The van der Waals surface area contributed by atoms with E-state index in [0.29, 0.717) is 0 Å². The predicted octanol–water partition coefficient (Wildman–Crippen LogP) is 1.42. The van der Waals surface area contributed by atoms with Crippen molar-refractivity contribution in [3.63, 3.8) is 0 Å². The molecule has 0 radical (unpaired) electrons. The molecule has 0 atom stereocenters. The average molecular weight is 433 g/mol. The Morgan fingerprint density at radius 3 is 2.23 bits per heavy atom. The van der Waals surface area contributed by atoms with Gasteiger partial charge in [-0.2, -0.15) is 0 Å². The van der Waals surface area contributed by atoms with Crippen molar-refractivity contribution >= 4 is 6.61 Å². The van der Waals surface area contributed by atoms with Crippen LogP contribution in [0.2, 0.25) is 0 Å². The monoisotopic (exact) mass is 431 g/mol. The molecule has 0 saturated carbocycles. The zero-order valence-corrected chi connectivity index (χ0v) is 9.77. The van der Waals surface area contributed by atoms with Crippen LogP contribution in [0.1, 0.15) is 12.8 Å². The first-order valence-electron chi connectivity index (χ1n) is 3.86. The summed E-state index contributed by atoms with van der Waals surface area (Å²) in [6, 6.07) is 0. The molecular weight excluding hydrogens is 422 g/mol. The van der Waals surface area contributed by atoms with Crippen LogP contribution >= 0.6 is 0 Å². The van der Waals surface area contributed by atoms with Gasteiger partial charge < -0.3 is 0 Å². The Bertz CT molecular complexity index is 198. The number of alkyl halides is 3. The summed E-state index contributed by atoms with van der Waals surface area (Å²) in [5.41, 5.74) is 0. The summed E-state index contributed by atoms with van der Waals surface area (Å²) in [6.45, 7) is 0.961. The first-order chi connectivity index (χ1) is 6.04. The molecule has 13 heavy (non-hydrogen) atoms. The second-order valence-electron chi connectivity index (χ2n) is 2.60. The van der Waals surface area contributed by atoms with Crippen LogP contribution in [0.4, 0.5) is 13.2 Å². The quantitative estimate of drug-likeness (QED) is 0.654. The Kier molecular flexibility index (Phi) is 2.63. The molecule has 0 unspecified atom stereocenters. The topological polar surface area (TPSA) is 12.5 Å². The van der Waals surface area contributed by atoms with Crippen molar-refractivity contribution in [1.82, 2.24) is 5.32 Å². The van der Waals surface area contributed by atoms with Gasteiger partial charge in [-0.15, -0.1) is 0 Å². The molecule has 0 bridgehead atoms. The van der Waals surface area contributed by atoms with Gasteiger partial charge in [0.2, 0.25) is 0 Å². The molecule has 1 heterocycles. The summed E-state index contributed by atoms with van der Waals surface area (Å²) >= 11 is 0. The third-order valence-corrected chi connectivity index (χ3v) is 5.39. The maximum absolute atomic E-state index is 12.2. The zero-order chi connectivity index (χ0) is 9.90. The Hall–Kier alpha value is -1.42. The summed E-state index contributed by atoms with van der Waals surface area (Å²) in [4.78, 5) is 0. The molecule has 6 heteroatoms. The zero-order valence-electron chi connectivity index (χ0n) is 7.13. The van der Waals surface area contributed by atoms with E-state index in [0.717, 1.165) is 33.0 Å².